The predicted molar refractivity (Wildman–Crippen MR) is 151 cm³/mol. The molecule has 3 aromatic carbocycles. The van der Waals surface area contributed by atoms with Crippen molar-refractivity contribution >= 4 is 45.3 Å². The van der Waals surface area contributed by atoms with Crippen LogP contribution < -0.4 is 5.32 Å². The van der Waals surface area contributed by atoms with E-state index in [-0.39, 0.29) is 29.1 Å². The number of carboxylic acids is 2. The average Bonchev–Trinajstić information content (AvgIpc) is 3.36. The van der Waals surface area contributed by atoms with Crippen LogP contribution in [0.15, 0.2) is 83.9 Å². The molecule has 1 aliphatic heterocycles. The Morgan fingerprint density at radius 3 is 2.03 bits per heavy atom. The fraction of sp³-hybridized carbons (Fsp3) is 0.214. The fourth-order valence-electron chi connectivity index (χ4n) is 4.47. The summed E-state index contributed by atoms with van der Waals surface area (Å²) < 4.78 is 27.3. The molecular formula is C28H30ClN3O6S. The van der Waals surface area contributed by atoms with E-state index in [1.165, 1.54) is 34.7 Å². The molecule has 0 saturated carbocycles. The summed E-state index contributed by atoms with van der Waals surface area (Å²) in [5.41, 5.74) is 2.24. The number of nitrogens with one attached hydrogen (secondary N) is 1. The number of hydrogen-bond acceptors (Lipinski definition) is 6. The highest BCUT2D eigenvalue weighted by Crippen LogP contribution is 2.25. The Morgan fingerprint density at radius 1 is 0.846 bits per heavy atom. The number of carbonyl (C=O) groups is 2. The Balaban J connectivity index is 0.000000256. The smallest absolute Gasteiger partial charge is 0.335 e. The Labute approximate surface area is 233 Å². The number of hydrogen-bond donors (Lipinski definition) is 3. The second kappa shape index (κ2) is 12.9. The first-order valence-electron chi connectivity index (χ1n) is 12.1. The van der Waals surface area contributed by atoms with Gasteiger partial charge >= 0.3 is 11.9 Å². The molecule has 5 rings (SSSR count). The summed E-state index contributed by atoms with van der Waals surface area (Å²) in [6.07, 6.45) is 1.66. The Morgan fingerprint density at radius 2 is 1.44 bits per heavy atom. The molecule has 206 valence electrons. The van der Waals surface area contributed by atoms with E-state index in [1.807, 2.05) is 24.3 Å². The first kappa shape index (κ1) is 29.9. The summed E-state index contributed by atoms with van der Waals surface area (Å²) in [6.45, 7) is 6.35. The van der Waals surface area contributed by atoms with Gasteiger partial charge in [-0.05, 0) is 54.4 Å². The number of carboxylic acid groups (broad SMARTS) is 2. The third kappa shape index (κ3) is 6.66. The number of benzene rings is 3. The zero-order valence-corrected chi connectivity index (χ0v) is 22.9. The van der Waals surface area contributed by atoms with Crippen LogP contribution >= 0.6 is 12.4 Å². The molecule has 11 heteroatoms. The summed E-state index contributed by atoms with van der Waals surface area (Å²) >= 11 is 0. The number of fused-ring (bicyclic) bond motifs is 1. The van der Waals surface area contributed by atoms with E-state index in [0.717, 1.165) is 43.6 Å². The van der Waals surface area contributed by atoms with Crippen LogP contribution in [0.1, 0.15) is 31.8 Å². The molecule has 0 aliphatic carbocycles. The SMILES string of the molecule is Cc1c(C(=O)O)cccc1C(=O)O.Cl.O=S(=O)(c1ccccc1)n1ccc2c(CN3CCNCC3)cccc21. The summed E-state index contributed by atoms with van der Waals surface area (Å²) in [7, 11) is -3.58. The maximum atomic E-state index is 13.0. The summed E-state index contributed by atoms with van der Waals surface area (Å²) in [4.78, 5) is 23.9. The number of piperazine rings is 1. The van der Waals surface area contributed by atoms with E-state index >= 15 is 0 Å². The first-order valence-corrected chi connectivity index (χ1v) is 13.5. The molecule has 4 aromatic rings. The standard InChI is InChI=1S/C19H21N3O2S.C9H8O4.ClH/c23-25(24,17-6-2-1-3-7-17)22-12-9-18-16(5-4-8-19(18)22)15-21-13-10-20-11-14-21;1-5-6(8(10)11)3-2-4-7(5)9(12)13;/h1-9,12,20H,10-11,13-15H2;2-4H,1H3,(H,10,11)(H,12,13);1H. The maximum absolute atomic E-state index is 13.0. The van der Waals surface area contributed by atoms with Gasteiger partial charge < -0.3 is 15.5 Å². The molecular weight excluding hydrogens is 542 g/mol. The van der Waals surface area contributed by atoms with Crippen molar-refractivity contribution in [2.24, 2.45) is 0 Å². The summed E-state index contributed by atoms with van der Waals surface area (Å²) in [5.74, 6) is -2.22. The van der Waals surface area contributed by atoms with Gasteiger partial charge in [0, 0.05) is 44.3 Å². The molecule has 0 amide bonds. The number of aromatic carboxylic acids is 2. The van der Waals surface area contributed by atoms with E-state index in [1.54, 1.807) is 30.5 Å². The molecule has 1 fully saturated rings. The third-order valence-electron chi connectivity index (χ3n) is 6.49. The minimum atomic E-state index is -3.58. The molecule has 0 spiro atoms. The van der Waals surface area contributed by atoms with Crippen LogP contribution in [0.3, 0.4) is 0 Å². The van der Waals surface area contributed by atoms with Gasteiger partial charge in [0.25, 0.3) is 10.0 Å². The molecule has 0 unspecified atom stereocenters. The van der Waals surface area contributed by atoms with Crippen molar-refractivity contribution in [3.8, 4) is 0 Å². The van der Waals surface area contributed by atoms with E-state index in [9.17, 15) is 18.0 Å². The lowest BCUT2D eigenvalue weighted by atomic mass is 10.0. The minimum absolute atomic E-state index is 0. The summed E-state index contributed by atoms with van der Waals surface area (Å²) in [6, 6.07) is 20.6. The van der Waals surface area contributed by atoms with Crippen molar-refractivity contribution in [3.05, 3.63) is 101 Å². The second-order valence-electron chi connectivity index (χ2n) is 8.89. The molecule has 1 saturated heterocycles. The Kier molecular flexibility index (Phi) is 9.87. The lowest BCUT2D eigenvalue weighted by Gasteiger charge is -2.27. The largest absolute Gasteiger partial charge is 0.478 e. The van der Waals surface area contributed by atoms with Gasteiger partial charge in [-0.15, -0.1) is 12.4 Å². The van der Waals surface area contributed by atoms with Crippen LogP contribution in [-0.2, 0) is 16.6 Å². The van der Waals surface area contributed by atoms with Crippen molar-refractivity contribution < 1.29 is 28.2 Å². The van der Waals surface area contributed by atoms with Crippen molar-refractivity contribution in [2.45, 2.75) is 18.4 Å². The van der Waals surface area contributed by atoms with Crippen LogP contribution in [0, 0.1) is 6.92 Å². The molecule has 0 bridgehead atoms. The highest BCUT2D eigenvalue weighted by molar-refractivity contribution is 7.90. The molecule has 1 aromatic heterocycles. The van der Waals surface area contributed by atoms with Crippen LogP contribution in [-0.4, -0.2) is 65.6 Å². The molecule has 9 nitrogen and oxygen atoms in total. The van der Waals surface area contributed by atoms with Gasteiger partial charge in [0.2, 0.25) is 0 Å². The zero-order valence-electron chi connectivity index (χ0n) is 21.3. The van der Waals surface area contributed by atoms with Gasteiger partial charge in [0.05, 0.1) is 21.5 Å². The van der Waals surface area contributed by atoms with E-state index in [4.69, 9.17) is 10.2 Å². The number of nitrogens with zero attached hydrogens (tertiary/aromatic N) is 2. The van der Waals surface area contributed by atoms with Crippen LogP contribution in [0.4, 0.5) is 0 Å². The summed E-state index contributed by atoms with van der Waals surface area (Å²) in [5, 5.41) is 21.7. The van der Waals surface area contributed by atoms with E-state index in [2.05, 4.69) is 16.3 Å². The normalized spacial score (nSPS) is 13.7. The predicted octanol–water partition coefficient (Wildman–Crippen LogP) is 4.10. The minimum Gasteiger partial charge on any atom is -0.478 e. The third-order valence-corrected chi connectivity index (χ3v) is 8.19. The molecule has 0 radical (unpaired) electrons. The van der Waals surface area contributed by atoms with Crippen molar-refractivity contribution in [1.82, 2.24) is 14.2 Å². The van der Waals surface area contributed by atoms with Gasteiger partial charge in [-0.3, -0.25) is 4.90 Å². The molecule has 3 N–H and O–H groups in total. The Bertz CT molecular complexity index is 1530. The topological polar surface area (TPSA) is 129 Å². The number of rotatable bonds is 6. The van der Waals surface area contributed by atoms with Crippen molar-refractivity contribution in [1.29, 1.82) is 0 Å². The highest BCUT2D eigenvalue weighted by atomic mass is 35.5. The van der Waals surface area contributed by atoms with Crippen LogP contribution in [0.5, 0.6) is 0 Å². The number of aromatic nitrogens is 1. The highest BCUT2D eigenvalue weighted by Gasteiger charge is 2.20. The van der Waals surface area contributed by atoms with E-state index in [0.29, 0.717) is 4.90 Å². The molecule has 39 heavy (non-hydrogen) atoms. The average molecular weight is 572 g/mol. The monoisotopic (exact) mass is 571 g/mol. The van der Waals surface area contributed by atoms with Gasteiger partial charge in [0.1, 0.15) is 0 Å². The second-order valence-corrected chi connectivity index (χ2v) is 10.7. The number of halogens is 1. The van der Waals surface area contributed by atoms with Crippen LogP contribution in [0.2, 0.25) is 0 Å². The first-order chi connectivity index (χ1) is 18.2. The van der Waals surface area contributed by atoms with Crippen LogP contribution in [0.25, 0.3) is 10.9 Å². The van der Waals surface area contributed by atoms with Gasteiger partial charge in [0.15, 0.2) is 0 Å². The lowest BCUT2D eigenvalue weighted by Crippen LogP contribution is -2.42. The molecule has 0 atom stereocenters. The van der Waals surface area contributed by atoms with Gasteiger partial charge in [-0.2, -0.15) is 0 Å². The maximum Gasteiger partial charge on any atom is 0.335 e. The van der Waals surface area contributed by atoms with Crippen molar-refractivity contribution in [2.75, 3.05) is 26.2 Å². The molecule has 2 heterocycles. The van der Waals surface area contributed by atoms with E-state index < -0.39 is 22.0 Å². The molecule has 1 aliphatic rings. The zero-order chi connectivity index (χ0) is 27.3. The van der Waals surface area contributed by atoms with Crippen molar-refractivity contribution in [3.63, 3.8) is 0 Å². The fourth-order valence-corrected chi connectivity index (χ4v) is 5.84. The lowest BCUT2D eigenvalue weighted by molar-refractivity contribution is 0.0696. The van der Waals surface area contributed by atoms with Gasteiger partial charge in [-0.1, -0.05) is 36.4 Å². The van der Waals surface area contributed by atoms with Gasteiger partial charge in [-0.25, -0.2) is 22.0 Å². The Hall–Kier alpha value is -3.70. The quantitative estimate of drug-likeness (QED) is 0.315.